The van der Waals surface area contributed by atoms with Gasteiger partial charge in [-0.2, -0.15) is 0 Å². The molecule has 0 radical (unpaired) electrons. The molecule has 0 amide bonds. The van der Waals surface area contributed by atoms with Crippen molar-refractivity contribution in [2.24, 2.45) is 0 Å². The van der Waals surface area contributed by atoms with E-state index in [-0.39, 0.29) is 11.9 Å². The lowest BCUT2D eigenvalue weighted by molar-refractivity contribution is -0.0240. The third kappa shape index (κ3) is 7.22. The molecule has 0 aliphatic carbocycles. The van der Waals surface area contributed by atoms with Crippen LogP contribution in [0.4, 0.5) is 0 Å². The second kappa shape index (κ2) is 12.4. The van der Waals surface area contributed by atoms with Crippen LogP contribution in [0.2, 0.25) is 0 Å². The number of aryl methyl sites for hydroxylation is 4. The average molecular weight is 439 g/mol. The van der Waals surface area contributed by atoms with Gasteiger partial charge in [-0.3, -0.25) is 0 Å². The minimum absolute atomic E-state index is 0.370. The highest BCUT2D eigenvalue weighted by molar-refractivity contribution is 5.92. The van der Waals surface area contributed by atoms with Crippen LogP contribution in [0.15, 0.2) is 36.4 Å². The van der Waals surface area contributed by atoms with Crippen molar-refractivity contribution in [3.05, 3.63) is 69.8 Å². The lowest BCUT2D eigenvalue weighted by Gasteiger charge is -2.22. The van der Waals surface area contributed by atoms with E-state index < -0.39 is 12.2 Å². The quantitative estimate of drug-likeness (QED) is 0.363. The molecule has 174 valence electrons. The summed E-state index contributed by atoms with van der Waals surface area (Å²) in [5.74, 6) is -0.740. The first-order chi connectivity index (χ1) is 15.3. The van der Waals surface area contributed by atoms with Crippen molar-refractivity contribution in [1.29, 1.82) is 0 Å². The number of ether oxygens (including phenoxy) is 2. The van der Waals surface area contributed by atoms with Gasteiger partial charge < -0.3 is 9.47 Å². The van der Waals surface area contributed by atoms with Crippen LogP contribution in [0, 0.1) is 13.8 Å². The Hall–Kier alpha value is -2.62. The average Bonchev–Trinajstić information content (AvgIpc) is 2.75. The Balaban J connectivity index is 2.07. The lowest BCUT2D eigenvalue weighted by atomic mass is 9.99. The Morgan fingerprint density at radius 1 is 0.719 bits per heavy atom. The number of rotatable bonds is 11. The summed E-state index contributed by atoms with van der Waals surface area (Å²) in [6, 6.07) is 11.6. The van der Waals surface area contributed by atoms with Gasteiger partial charge in [0, 0.05) is 0 Å². The minimum Gasteiger partial charge on any atom is -0.455 e. The molecule has 0 spiro atoms. The molecule has 0 saturated carbocycles. The van der Waals surface area contributed by atoms with Crippen molar-refractivity contribution in [2.45, 2.75) is 92.3 Å². The molecule has 0 bridgehead atoms. The van der Waals surface area contributed by atoms with Gasteiger partial charge in [-0.25, -0.2) is 9.59 Å². The maximum atomic E-state index is 12.9. The standard InChI is InChI=1S/C28H38O4/c1-7-9-11-23-17-19(3)13-15-25(23)27(29)31-21(5)22(6)32-28(30)26-16-14-20(4)18-24(26)12-10-8-2/h13-18,21-22H,7-12H2,1-6H3/t21-,22-/m1/s1. The number of hydrogen-bond donors (Lipinski definition) is 0. The van der Waals surface area contributed by atoms with Crippen molar-refractivity contribution in [3.63, 3.8) is 0 Å². The summed E-state index contributed by atoms with van der Waals surface area (Å²) in [5.41, 5.74) is 5.45. The van der Waals surface area contributed by atoms with Gasteiger partial charge in [-0.15, -0.1) is 0 Å². The van der Waals surface area contributed by atoms with Gasteiger partial charge in [0.2, 0.25) is 0 Å². The number of esters is 2. The maximum absolute atomic E-state index is 12.9. The fourth-order valence-corrected chi connectivity index (χ4v) is 3.65. The van der Waals surface area contributed by atoms with Gasteiger partial charge in [0.1, 0.15) is 12.2 Å². The molecule has 0 aromatic heterocycles. The first-order valence-electron chi connectivity index (χ1n) is 11.9. The van der Waals surface area contributed by atoms with E-state index in [2.05, 4.69) is 26.0 Å². The summed E-state index contributed by atoms with van der Waals surface area (Å²) in [7, 11) is 0. The fraction of sp³-hybridized carbons (Fsp3) is 0.500. The molecule has 32 heavy (non-hydrogen) atoms. The highest BCUT2D eigenvalue weighted by Gasteiger charge is 2.24. The highest BCUT2D eigenvalue weighted by Crippen LogP contribution is 2.20. The lowest BCUT2D eigenvalue weighted by Crippen LogP contribution is -2.31. The molecule has 2 aromatic rings. The number of carbonyl (C=O) groups is 2. The predicted octanol–water partition coefficient (Wildman–Crippen LogP) is 6.78. The molecule has 0 fully saturated rings. The van der Waals surface area contributed by atoms with Crippen LogP contribution in [0.5, 0.6) is 0 Å². The van der Waals surface area contributed by atoms with E-state index >= 15 is 0 Å². The van der Waals surface area contributed by atoms with Gasteiger partial charge in [0.05, 0.1) is 11.1 Å². The molecule has 2 aromatic carbocycles. The molecule has 0 saturated heterocycles. The first-order valence-corrected chi connectivity index (χ1v) is 11.9. The largest absolute Gasteiger partial charge is 0.455 e. The zero-order chi connectivity index (χ0) is 23.7. The predicted molar refractivity (Wildman–Crippen MR) is 129 cm³/mol. The Kier molecular flexibility index (Phi) is 9.96. The molecular formula is C28H38O4. The zero-order valence-electron chi connectivity index (χ0n) is 20.5. The number of benzene rings is 2. The van der Waals surface area contributed by atoms with E-state index in [9.17, 15) is 9.59 Å². The van der Waals surface area contributed by atoms with Crippen LogP contribution >= 0.6 is 0 Å². The van der Waals surface area contributed by atoms with Crippen LogP contribution in [0.25, 0.3) is 0 Å². The third-order valence-corrected chi connectivity index (χ3v) is 5.81. The molecule has 2 rings (SSSR count). The molecule has 4 heteroatoms. The smallest absolute Gasteiger partial charge is 0.338 e. The maximum Gasteiger partial charge on any atom is 0.338 e. The molecular weight excluding hydrogens is 400 g/mol. The van der Waals surface area contributed by atoms with Gasteiger partial charge >= 0.3 is 11.9 Å². The summed E-state index contributed by atoms with van der Waals surface area (Å²) in [6.45, 7) is 11.8. The molecule has 0 unspecified atom stereocenters. The van der Waals surface area contributed by atoms with Crippen molar-refractivity contribution in [3.8, 4) is 0 Å². The molecule has 0 aliphatic heterocycles. The monoisotopic (exact) mass is 438 g/mol. The summed E-state index contributed by atoms with van der Waals surface area (Å²) >= 11 is 0. The Bertz CT molecular complexity index is 840. The van der Waals surface area contributed by atoms with Crippen LogP contribution in [-0.4, -0.2) is 24.1 Å². The normalized spacial score (nSPS) is 12.8. The molecule has 0 aliphatic rings. The van der Waals surface area contributed by atoms with Crippen molar-refractivity contribution in [2.75, 3.05) is 0 Å². The van der Waals surface area contributed by atoms with Crippen molar-refractivity contribution < 1.29 is 19.1 Å². The number of hydrogen-bond acceptors (Lipinski definition) is 4. The second-order valence-electron chi connectivity index (χ2n) is 8.75. The molecule has 4 nitrogen and oxygen atoms in total. The third-order valence-electron chi connectivity index (χ3n) is 5.81. The second-order valence-corrected chi connectivity index (χ2v) is 8.75. The minimum atomic E-state index is -0.559. The van der Waals surface area contributed by atoms with Crippen LogP contribution in [0.3, 0.4) is 0 Å². The summed E-state index contributed by atoms with van der Waals surface area (Å²) in [4.78, 5) is 25.7. The van der Waals surface area contributed by atoms with E-state index in [0.29, 0.717) is 11.1 Å². The molecule has 0 heterocycles. The molecule has 2 atom stereocenters. The summed E-state index contributed by atoms with van der Waals surface area (Å²) in [6.07, 6.45) is 4.72. The topological polar surface area (TPSA) is 52.6 Å². The SMILES string of the molecule is CCCCc1cc(C)ccc1C(=O)O[C@H](C)[C@@H](C)OC(=O)c1ccc(C)cc1CCCC. The van der Waals surface area contributed by atoms with E-state index in [1.807, 2.05) is 38.1 Å². The number of carbonyl (C=O) groups excluding carboxylic acids is 2. The molecule has 0 N–H and O–H groups in total. The van der Waals surface area contributed by atoms with Gasteiger partial charge in [-0.05, 0) is 76.6 Å². The van der Waals surface area contributed by atoms with Gasteiger partial charge in [-0.1, -0.05) is 62.1 Å². The highest BCUT2D eigenvalue weighted by atomic mass is 16.6. The Morgan fingerprint density at radius 3 is 1.44 bits per heavy atom. The van der Waals surface area contributed by atoms with E-state index in [1.165, 1.54) is 0 Å². The zero-order valence-corrected chi connectivity index (χ0v) is 20.5. The van der Waals surface area contributed by atoms with E-state index in [4.69, 9.17) is 9.47 Å². The summed E-state index contributed by atoms with van der Waals surface area (Å²) < 4.78 is 11.4. The van der Waals surface area contributed by atoms with Gasteiger partial charge in [0.15, 0.2) is 0 Å². The van der Waals surface area contributed by atoms with E-state index in [0.717, 1.165) is 60.8 Å². The van der Waals surface area contributed by atoms with Crippen molar-refractivity contribution in [1.82, 2.24) is 0 Å². The van der Waals surface area contributed by atoms with Crippen LogP contribution in [0.1, 0.15) is 96.3 Å². The van der Waals surface area contributed by atoms with Crippen molar-refractivity contribution >= 4 is 11.9 Å². The van der Waals surface area contributed by atoms with Crippen LogP contribution in [-0.2, 0) is 22.3 Å². The fourth-order valence-electron chi connectivity index (χ4n) is 3.65. The first kappa shape index (κ1) is 25.6. The van der Waals surface area contributed by atoms with Crippen LogP contribution < -0.4 is 0 Å². The Labute approximate surface area is 193 Å². The van der Waals surface area contributed by atoms with Gasteiger partial charge in [0.25, 0.3) is 0 Å². The Morgan fingerprint density at radius 2 is 1.09 bits per heavy atom. The summed E-state index contributed by atoms with van der Waals surface area (Å²) in [5, 5.41) is 0. The number of unbranched alkanes of at least 4 members (excludes halogenated alkanes) is 2. The van der Waals surface area contributed by atoms with E-state index in [1.54, 1.807) is 13.8 Å².